The van der Waals surface area contributed by atoms with E-state index in [1.165, 1.54) is 38.8 Å². The number of halogens is 2. The van der Waals surface area contributed by atoms with E-state index < -0.39 is 5.92 Å². The van der Waals surface area contributed by atoms with Gasteiger partial charge in [-0.1, -0.05) is 0 Å². The maximum atomic E-state index is 13.8. The lowest BCUT2D eigenvalue weighted by Crippen LogP contribution is -2.40. The van der Waals surface area contributed by atoms with Crippen LogP contribution in [0, 0.1) is 5.92 Å². The van der Waals surface area contributed by atoms with Gasteiger partial charge in [0.25, 0.3) is 5.92 Å². The van der Waals surface area contributed by atoms with Crippen molar-refractivity contribution in [2.75, 3.05) is 70.8 Å². The van der Waals surface area contributed by atoms with Crippen molar-refractivity contribution >= 4 is 22.7 Å². The zero-order chi connectivity index (χ0) is 26.0. The van der Waals surface area contributed by atoms with Gasteiger partial charge in [0.1, 0.15) is 5.82 Å². The van der Waals surface area contributed by atoms with E-state index in [9.17, 15) is 8.78 Å². The number of anilines is 2. The highest BCUT2D eigenvalue weighted by molar-refractivity contribution is 5.93. The van der Waals surface area contributed by atoms with E-state index in [4.69, 9.17) is 19.4 Å². The summed E-state index contributed by atoms with van der Waals surface area (Å²) in [7, 11) is 5.75. The average Bonchev–Trinajstić information content (AvgIpc) is 3.58. The number of hydrogen-bond acceptors (Lipinski definition) is 8. The summed E-state index contributed by atoms with van der Waals surface area (Å²) in [4.78, 5) is 16.2. The maximum Gasteiger partial charge on any atom is 0.251 e. The third kappa shape index (κ3) is 6.34. The molecule has 0 radical (unpaired) electrons. The largest absolute Gasteiger partial charge is 0.493 e. The Morgan fingerprint density at radius 3 is 2.46 bits per heavy atom. The first kappa shape index (κ1) is 26.2. The topological polar surface area (TPSA) is 66.0 Å². The first-order chi connectivity index (χ1) is 17.8. The Kier molecular flexibility index (Phi) is 7.85. The Labute approximate surface area is 218 Å². The molecule has 0 bridgehead atoms. The second-order valence-electron chi connectivity index (χ2n) is 10.9. The van der Waals surface area contributed by atoms with Gasteiger partial charge in [-0.25, -0.2) is 13.8 Å². The van der Waals surface area contributed by atoms with Crippen LogP contribution in [-0.2, 0) is 0 Å². The van der Waals surface area contributed by atoms with Gasteiger partial charge >= 0.3 is 0 Å². The summed E-state index contributed by atoms with van der Waals surface area (Å²) in [5.41, 5.74) is 0.716. The van der Waals surface area contributed by atoms with Crippen LogP contribution in [0.25, 0.3) is 10.9 Å². The van der Waals surface area contributed by atoms with Crippen LogP contribution in [0.4, 0.5) is 20.5 Å². The van der Waals surface area contributed by atoms with Gasteiger partial charge < -0.3 is 24.6 Å². The molecular formula is C27H40F2N6O2. The normalized spacial score (nSPS) is 21.0. The van der Waals surface area contributed by atoms with Crippen LogP contribution in [0.3, 0.4) is 0 Å². The molecule has 2 aliphatic heterocycles. The van der Waals surface area contributed by atoms with Crippen LogP contribution in [0.2, 0.25) is 0 Å². The minimum Gasteiger partial charge on any atom is -0.493 e. The van der Waals surface area contributed by atoms with E-state index in [0.29, 0.717) is 41.3 Å². The van der Waals surface area contributed by atoms with Gasteiger partial charge in [-0.2, -0.15) is 4.98 Å². The van der Waals surface area contributed by atoms with Crippen LogP contribution in [-0.4, -0.2) is 92.4 Å². The smallest absolute Gasteiger partial charge is 0.251 e. The van der Waals surface area contributed by atoms with Crippen LogP contribution in [0.1, 0.15) is 44.9 Å². The van der Waals surface area contributed by atoms with E-state index in [2.05, 4.69) is 29.2 Å². The minimum atomic E-state index is -2.63. The third-order valence-corrected chi connectivity index (χ3v) is 7.73. The van der Waals surface area contributed by atoms with Gasteiger partial charge in [-0.15, -0.1) is 0 Å². The summed E-state index contributed by atoms with van der Waals surface area (Å²) in [5, 5.41) is 4.46. The molecule has 0 spiro atoms. The summed E-state index contributed by atoms with van der Waals surface area (Å²) in [6.07, 6.45) is 5.60. The predicted octanol–water partition coefficient (Wildman–Crippen LogP) is 4.45. The zero-order valence-electron chi connectivity index (χ0n) is 22.3. The van der Waals surface area contributed by atoms with Gasteiger partial charge in [0.2, 0.25) is 5.95 Å². The lowest BCUT2D eigenvalue weighted by atomic mass is 10.1. The highest BCUT2D eigenvalue weighted by Crippen LogP contribution is 2.39. The SMILES string of the molecule is COc1cc2c(N[C@H](C3CC3)N(C)C)nc(N3CCC(F)(F)CC3)nc2cc1OCCCN1CCCC1. The standard InChI is InChI=1S/C27H40F2N6O2/c1-33(2)25(19-7-8-19)31-24-20-17-22(36-3)23(37-16-6-13-34-11-4-5-12-34)18-21(20)30-26(32-24)35-14-9-27(28,29)10-15-35/h17-19,25H,4-16H2,1-3H3,(H,30,31,32)/t25-/m0/s1. The van der Waals surface area contributed by atoms with Crippen molar-refractivity contribution < 1.29 is 18.3 Å². The number of nitrogens with one attached hydrogen (secondary N) is 1. The molecular weight excluding hydrogens is 478 g/mol. The van der Waals surface area contributed by atoms with E-state index in [1.807, 2.05) is 17.0 Å². The highest BCUT2D eigenvalue weighted by atomic mass is 19.3. The summed E-state index contributed by atoms with van der Waals surface area (Å²) >= 11 is 0. The van der Waals surface area contributed by atoms with Crippen LogP contribution in [0.5, 0.6) is 11.5 Å². The summed E-state index contributed by atoms with van der Waals surface area (Å²) < 4.78 is 39.6. The number of likely N-dealkylation sites (tertiary alicyclic amines) is 1. The van der Waals surface area contributed by atoms with E-state index >= 15 is 0 Å². The van der Waals surface area contributed by atoms with Gasteiger partial charge in [0, 0.05) is 43.9 Å². The Morgan fingerprint density at radius 1 is 1.08 bits per heavy atom. The van der Waals surface area contributed by atoms with Crippen molar-refractivity contribution in [2.24, 2.45) is 5.92 Å². The van der Waals surface area contributed by atoms with Crippen LogP contribution < -0.4 is 19.7 Å². The first-order valence-corrected chi connectivity index (χ1v) is 13.6. The number of rotatable bonds is 11. The Bertz CT molecular complexity index is 1060. The molecule has 1 aromatic heterocycles. The van der Waals surface area contributed by atoms with E-state index in [1.54, 1.807) is 7.11 Å². The molecule has 2 saturated heterocycles. The number of piperidine rings is 1. The molecule has 5 rings (SSSR count). The fraction of sp³-hybridized carbons (Fsp3) is 0.704. The number of aromatic nitrogens is 2. The molecule has 1 N–H and O–H groups in total. The number of nitrogens with zero attached hydrogens (tertiary/aromatic N) is 5. The molecule has 1 aliphatic carbocycles. The third-order valence-electron chi connectivity index (χ3n) is 7.73. The minimum absolute atomic E-state index is 0.129. The van der Waals surface area contributed by atoms with Crippen molar-refractivity contribution in [2.45, 2.75) is 57.0 Å². The molecule has 0 unspecified atom stereocenters. The number of hydrogen-bond donors (Lipinski definition) is 1. The van der Waals surface area contributed by atoms with Crippen molar-refractivity contribution in [3.63, 3.8) is 0 Å². The number of fused-ring (bicyclic) bond motifs is 1. The lowest BCUT2D eigenvalue weighted by molar-refractivity contribution is -0.0222. The van der Waals surface area contributed by atoms with Crippen molar-refractivity contribution in [3.05, 3.63) is 12.1 Å². The molecule has 3 heterocycles. The first-order valence-electron chi connectivity index (χ1n) is 13.6. The summed E-state index contributed by atoms with van der Waals surface area (Å²) in [6, 6.07) is 3.84. The molecule has 10 heteroatoms. The summed E-state index contributed by atoms with van der Waals surface area (Å²) in [6.45, 7) is 4.43. The fourth-order valence-corrected chi connectivity index (χ4v) is 5.38. The Morgan fingerprint density at radius 2 is 1.81 bits per heavy atom. The van der Waals surface area contributed by atoms with Gasteiger partial charge in [-0.3, -0.25) is 4.90 Å². The maximum absolute atomic E-state index is 13.8. The van der Waals surface area contributed by atoms with Crippen molar-refractivity contribution in [1.82, 2.24) is 19.8 Å². The number of alkyl halides is 2. The van der Waals surface area contributed by atoms with Gasteiger partial charge in [-0.05, 0) is 71.3 Å². The second-order valence-corrected chi connectivity index (χ2v) is 10.9. The number of methoxy groups -OCH3 is 1. The molecule has 37 heavy (non-hydrogen) atoms. The monoisotopic (exact) mass is 518 g/mol. The van der Waals surface area contributed by atoms with Crippen molar-refractivity contribution in [1.29, 1.82) is 0 Å². The zero-order valence-corrected chi connectivity index (χ0v) is 22.3. The van der Waals surface area contributed by atoms with Crippen LogP contribution >= 0.6 is 0 Å². The molecule has 0 amide bonds. The highest BCUT2D eigenvalue weighted by Gasteiger charge is 2.36. The van der Waals surface area contributed by atoms with Crippen molar-refractivity contribution in [3.8, 4) is 11.5 Å². The molecule has 2 aromatic rings. The van der Waals surface area contributed by atoms with Crippen LogP contribution in [0.15, 0.2) is 12.1 Å². The molecule has 1 aromatic carbocycles. The molecule has 3 fully saturated rings. The number of ether oxygens (including phenoxy) is 2. The summed E-state index contributed by atoms with van der Waals surface area (Å²) in [5.74, 6) is 0.380. The molecule has 3 aliphatic rings. The molecule has 1 atom stereocenters. The average molecular weight is 519 g/mol. The predicted molar refractivity (Wildman–Crippen MR) is 142 cm³/mol. The Balaban J connectivity index is 1.43. The molecule has 8 nitrogen and oxygen atoms in total. The van der Waals surface area contributed by atoms with E-state index in [-0.39, 0.29) is 32.1 Å². The number of benzene rings is 1. The second kappa shape index (κ2) is 11.1. The lowest BCUT2D eigenvalue weighted by Gasteiger charge is -2.32. The van der Waals surface area contributed by atoms with Gasteiger partial charge in [0.15, 0.2) is 11.5 Å². The molecule has 1 saturated carbocycles. The van der Waals surface area contributed by atoms with E-state index in [0.717, 1.165) is 18.4 Å². The fourth-order valence-electron chi connectivity index (χ4n) is 5.38. The quantitative estimate of drug-likeness (QED) is 0.346. The molecule has 204 valence electrons. The van der Waals surface area contributed by atoms with Gasteiger partial charge in [0.05, 0.1) is 25.4 Å². The Hall–Kier alpha value is -2.46.